The Hall–Kier alpha value is -1.91. The highest BCUT2D eigenvalue weighted by Crippen LogP contribution is 2.37. The van der Waals surface area contributed by atoms with Gasteiger partial charge in [0, 0.05) is 36.3 Å². The molecule has 1 saturated heterocycles. The summed E-state index contributed by atoms with van der Waals surface area (Å²) in [6.07, 6.45) is -2.97. The summed E-state index contributed by atoms with van der Waals surface area (Å²) in [4.78, 5) is 0. The predicted octanol–water partition coefficient (Wildman–Crippen LogP) is 2.42. The van der Waals surface area contributed by atoms with Crippen molar-refractivity contribution in [1.29, 1.82) is 0 Å². The molecule has 1 unspecified atom stereocenters. The minimum atomic E-state index is -4.41. The summed E-state index contributed by atoms with van der Waals surface area (Å²) in [5.74, 6) is 0. The second kappa shape index (κ2) is 5.80. The number of hydrogen-bond donors (Lipinski definition) is 0. The summed E-state index contributed by atoms with van der Waals surface area (Å²) < 4.78 is 70.5. The molecule has 0 aliphatic carbocycles. The highest BCUT2D eigenvalue weighted by Gasteiger charge is 2.36. The third kappa shape index (κ3) is 3.12. The molecule has 6 nitrogen and oxygen atoms in total. The van der Waals surface area contributed by atoms with Gasteiger partial charge in [0.2, 0.25) is 10.0 Å². The van der Waals surface area contributed by atoms with Gasteiger partial charge in [0.25, 0.3) is 0 Å². The van der Waals surface area contributed by atoms with Crippen molar-refractivity contribution in [2.75, 3.05) is 19.4 Å². The zero-order valence-corrected chi connectivity index (χ0v) is 14.6. The maximum atomic E-state index is 12.8. The van der Waals surface area contributed by atoms with Gasteiger partial charge in [-0.3, -0.25) is 0 Å². The second-order valence-electron chi connectivity index (χ2n) is 6.43. The molecule has 1 aromatic heterocycles. The summed E-state index contributed by atoms with van der Waals surface area (Å²) in [6, 6.07) is 4.74. The van der Waals surface area contributed by atoms with E-state index >= 15 is 0 Å². The van der Waals surface area contributed by atoms with Crippen molar-refractivity contribution >= 4 is 10.0 Å². The molecule has 1 atom stereocenters. The van der Waals surface area contributed by atoms with Crippen LogP contribution in [-0.2, 0) is 33.9 Å². The van der Waals surface area contributed by atoms with E-state index in [1.165, 1.54) is 16.4 Å². The summed E-state index contributed by atoms with van der Waals surface area (Å²) in [7, 11) is -3.37. The topological polar surface area (TPSA) is 67.7 Å². The number of fused-ring (bicyclic) bond motifs is 1. The van der Waals surface area contributed by atoms with Gasteiger partial charge in [-0.2, -0.15) is 22.6 Å². The van der Waals surface area contributed by atoms with Crippen molar-refractivity contribution in [3.8, 4) is 11.3 Å². The highest BCUT2D eigenvalue weighted by atomic mass is 32.2. The summed E-state index contributed by atoms with van der Waals surface area (Å²) in [5.41, 5.74) is 1.87. The highest BCUT2D eigenvalue weighted by molar-refractivity contribution is 7.88. The summed E-state index contributed by atoms with van der Waals surface area (Å²) in [5, 5.41) is 4.52. The smallest absolute Gasteiger partial charge is 0.349 e. The van der Waals surface area contributed by atoms with Crippen LogP contribution in [0.4, 0.5) is 13.2 Å². The lowest BCUT2D eigenvalue weighted by molar-refractivity contribution is -0.137. The van der Waals surface area contributed by atoms with Crippen molar-refractivity contribution in [2.45, 2.75) is 25.4 Å². The maximum Gasteiger partial charge on any atom is 0.416 e. The van der Waals surface area contributed by atoms with E-state index < -0.39 is 21.8 Å². The molecule has 0 amide bonds. The monoisotopic (exact) mass is 387 g/mol. The van der Waals surface area contributed by atoms with Crippen molar-refractivity contribution in [1.82, 2.24) is 14.1 Å². The van der Waals surface area contributed by atoms with Gasteiger partial charge in [-0.25, -0.2) is 13.1 Å². The fourth-order valence-corrected chi connectivity index (χ4v) is 3.96. The molecular weight excluding hydrogens is 371 g/mol. The molecule has 26 heavy (non-hydrogen) atoms. The molecule has 1 fully saturated rings. The van der Waals surface area contributed by atoms with E-state index in [2.05, 4.69) is 5.10 Å². The quantitative estimate of drug-likeness (QED) is 0.759. The van der Waals surface area contributed by atoms with Crippen molar-refractivity contribution in [2.24, 2.45) is 0 Å². The molecule has 2 aliphatic heterocycles. The van der Waals surface area contributed by atoms with Gasteiger partial charge in [0.1, 0.15) is 0 Å². The zero-order chi connectivity index (χ0) is 18.7. The molecule has 140 valence electrons. The lowest BCUT2D eigenvalue weighted by Gasteiger charge is -2.25. The molecule has 3 heterocycles. The number of hydrogen-bond acceptors (Lipinski definition) is 4. The van der Waals surface area contributed by atoms with Crippen LogP contribution in [0.2, 0.25) is 0 Å². The lowest BCUT2D eigenvalue weighted by atomic mass is 10.0. The molecule has 0 N–H and O–H groups in total. The fraction of sp³-hybridized carbons (Fsp3) is 0.438. The molecule has 0 bridgehead atoms. The standard InChI is InChI=1S/C16H16F3N3O3S/c1-26(23,24)21-7-6-13-12(8-21)15(20-22(13)14-9-25-14)10-2-4-11(5-3-10)16(17,18)19/h2-5,14H,6-9H2,1H3. The van der Waals surface area contributed by atoms with E-state index in [9.17, 15) is 21.6 Å². The molecule has 1 aromatic carbocycles. The van der Waals surface area contributed by atoms with E-state index in [0.717, 1.165) is 29.6 Å². The van der Waals surface area contributed by atoms with E-state index in [0.29, 0.717) is 30.8 Å². The number of aromatic nitrogens is 2. The Morgan fingerprint density at radius 3 is 2.42 bits per heavy atom. The molecule has 0 spiro atoms. The van der Waals surface area contributed by atoms with Crippen LogP contribution in [0.3, 0.4) is 0 Å². The SMILES string of the molecule is CS(=O)(=O)N1CCc2c(c(-c3ccc(C(F)(F)F)cc3)nn2C2CO2)C1. The Kier molecular flexibility index (Phi) is 3.90. The van der Waals surface area contributed by atoms with Gasteiger partial charge < -0.3 is 4.74 Å². The molecular formula is C16H16F3N3O3S. The average molecular weight is 387 g/mol. The van der Waals surface area contributed by atoms with E-state index in [-0.39, 0.29) is 12.8 Å². The first-order chi connectivity index (χ1) is 12.1. The largest absolute Gasteiger partial charge is 0.416 e. The van der Waals surface area contributed by atoms with Gasteiger partial charge in [0.15, 0.2) is 6.23 Å². The first-order valence-corrected chi connectivity index (χ1v) is 9.84. The normalized spacial score (nSPS) is 20.8. The number of nitrogens with zero attached hydrogens (tertiary/aromatic N) is 3. The third-order valence-electron chi connectivity index (χ3n) is 4.59. The number of epoxide rings is 1. The Balaban J connectivity index is 1.77. The third-order valence-corrected chi connectivity index (χ3v) is 5.84. The Morgan fingerprint density at radius 2 is 1.88 bits per heavy atom. The molecule has 10 heteroatoms. The zero-order valence-electron chi connectivity index (χ0n) is 13.8. The molecule has 2 aliphatic rings. The first-order valence-electron chi connectivity index (χ1n) is 7.99. The van der Waals surface area contributed by atoms with Crippen LogP contribution < -0.4 is 0 Å². The minimum Gasteiger partial charge on any atom is -0.349 e. The van der Waals surface area contributed by atoms with Gasteiger partial charge in [-0.1, -0.05) is 12.1 Å². The number of alkyl halides is 3. The maximum absolute atomic E-state index is 12.8. The van der Waals surface area contributed by atoms with Crippen LogP contribution >= 0.6 is 0 Å². The van der Waals surface area contributed by atoms with Gasteiger partial charge >= 0.3 is 6.18 Å². The number of rotatable bonds is 3. The van der Waals surface area contributed by atoms with Crippen LogP contribution in [0.15, 0.2) is 24.3 Å². The van der Waals surface area contributed by atoms with Crippen molar-refractivity contribution in [3.63, 3.8) is 0 Å². The minimum absolute atomic E-state index is 0.150. The molecule has 0 saturated carbocycles. The van der Waals surface area contributed by atoms with Crippen LogP contribution in [0.5, 0.6) is 0 Å². The summed E-state index contributed by atoms with van der Waals surface area (Å²) >= 11 is 0. The molecule has 0 radical (unpaired) electrons. The lowest BCUT2D eigenvalue weighted by Crippen LogP contribution is -2.35. The number of sulfonamides is 1. The first kappa shape index (κ1) is 17.5. The van der Waals surface area contributed by atoms with Gasteiger partial charge in [0.05, 0.1) is 24.1 Å². The second-order valence-corrected chi connectivity index (χ2v) is 8.41. The van der Waals surface area contributed by atoms with Crippen molar-refractivity contribution < 1.29 is 26.3 Å². The fourth-order valence-electron chi connectivity index (χ4n) is 3.18. The van der Waals surface area contributed by atoms with Crippen LogP contribution in [0, 0.1) is 0 Å². The van der Waals surface area contributed by atoms with Crippen LogP contribution in [-0.4, -0.2) is 41.9 Å². The Labute approximate surface area is 148 Å². The van der Waals surface area contributed by atoms with E-state index in [1.807, 2.05) is 0 Å². The Morgan fingerprint density at radius 1 is 1.23 bits per heavy atom. The number of benzene rings is 1. The van der Waals surface area contributed by atoms with E-state index in [1.54, 1.807) is 4.68 Å². The van der Waals surface area contributed by atoms with Gasteiger partial charge in [-0.15, -0.1) is 0 Å². The van der Waals surface area contributed by atoms with E-state index in [4.69, 9.17) is 4.74 Å². The van der Waals surface area contributed by atoms with Crippen LogP contribution in [0.25, 0.3) is 11.3 Å². The van der Waals surface area contributed by atoms with Gasteiger partial charge in [-0.05, 0) is 12.1 Å². The number of halogens is 3. The molecule has 2 aromatic rings. The summed E-state index contributed by atoms with van der Waals surface area (Å²) in [6.45, 7) is 1.02. The van der Waals surface area contributed by atoms with Crippen molar-refractivity contribution in [3.05, 3.63) is 41.1 Å². The Bertz CT molecular complexity index is 948. The molecule has 4 rings (SSSR count). The van der Waals surface area contributed by atoms with Crippen LogP contribution in [0.1, 0.15) is 23.0 Å². The predicted molar refractivity (Wildman–Crippen MR) is 86.6 cm³/mol. The number of ether oxygens (including phenoxy) is 1. The average Bonchev–Trinajstić information content (AvgIpc) is 3.33.